The highest BCUT2D eigenvalue weighted by atomic mass is 16.2. The summed E-state index contributed by atoms with van der Waals surface area (Å²) in [5, 5.41) is 2.66. The lowest BCUT2D eigenvalue weighted by Gasteiger charge is -2.22. The Morgan fingerprint density at radius 3 is 2.19 bits per heavy atom. The second-order valence-electron chi connectivity index (χ2n) is 4.96. The third-order valence-electron chi connectivity index (χ3n) is 2.28. The standard InChI is InChI=1S/C11H23N3O2/c1-11(2,3)10(16)14-8(9(13)15)6-4-5-7-12/h8H,4-7,12H2,1-3H3,(H2,13,15)(H,14,16). The van der Waals surface area contributed by atoms with Gasteiger partial charge in [0, 0.05) is 5.41 Å². The first-order valence-electron chi connectivity index (χ1n) is 5.59. The first kappa shape index (κ1) is 14.9. The van der Waals surface area contributed by atoms with Gasteiger partial charge in [-0.3, -0.25) is 9.59 Å². The van der Waals surface area contributed by atoms with Crippen LogP contribution in [0, 0.1) is 5.41 Å². The molecule has 0 bridgehead atoms. The van der Waals surface area contributed by atoms with E-state index in [-0.39, 0.29) is 5.91 Å². The van der Waals surface area contributed by atoms with Crippen molar-refractivity contribution in [2.75, 3.05) is 6.54 Å². The molecule has 0 aliphatic rings. The Kier molecular flexibility index (Phi) is 6.03. The van der Waals surface area contributed by atoms with Gasteiger partial charge in [0.15, 0.2) is 0 Å². The van der Waals surface area contributed by atoms with Crippen LogP contribution in [-0.2, 0) is 9.59 Å². The lowest BCUT2D eigenvalue weighted by atomic mass is 9.94. The summed E-state index contributed by atoms with van der Waals surface area (Å²) in [5.41, 5.74) is 10.1. The van der Waals surface area contributed by atoms with Crippen molar-refractivity contribution in [2.45, 2.75) is 46.1 Å². The highest BCUT2D eigenvalue weighted by Crippen LogP contribution is 2.13. The molecular formula is C11H23N3O2. The molecule has 0 fully saturated rings. The number of hydrogen-bond donors (Lipinski definition) is 3. The van der Waals surface area contributed by atoms with Crippen LogP contribution in [0.15, 0.2) is 0 Å². The Morgan fingerprint density at radius 2 is 1.81 bits per heavy atom. The van der Waals surface area contributed by atoms with Crippen LogP contribution in [0.5, 0.6) is 0 Å². The predicted octanol–water partition coefficient (Wildman–Crippen LogP) is 0.132. The van der Waals surface area contributed by atoms with Crippen LogP contribution in [0.4, 0.5) is 0 Å². The summed E-state index contributed by atoms with van der Waals surface area (Å²) in [6, 6.07) is -0.585. The molecule has 0 aliphatic carbocycles. The van der Waals surface area contributed by atoms with Crippen molar-refractivity contribution in [3.05, 3.63) is 0 Å². The molecule has 0 radical (unpaired) electrons. The molecule has 0 aromatic heterocycles. The molecule has 0 spiro atoms. The van der Waals surface area contributed by atoms with Gasteiger partial charge < -0.3 is 16.8 Å². The largest absolute Gasteiger partial charge is 0.368 e. The molecular weight excluding hydrogens is 206 g/mol. The minimum absolute atomic E-state index is 0.163. The van der Waals surface area contributed by atoms with Gasteiger partial charge in [-0.1, -0.05) is 20.8 Å². The zero-order chi connectivity index (χ0) is 12.8. The van der Waals surface area contributed by atoms with Crippen LogP contribution >= 0.6 is 0 Å². The highest BCUT2D eigenvalue weighted by Gasteiger charge is 2.25. The van der Waals surface area contributed by atoms with Crippen LogP contribution < -0.4 is 16.8 Å². The minimum Gasteiger partial charge on any atom is -0.368 e. The molecule has 1 atom stereocenters. The normalized spacial score (nSPS) is 13.2. The molecule has 5 heteroatoms. The monoisotopic (exact) mass is 229 g/mol. The first-order chi connectivity index (χ1) is 7.29. The van der Waals surface area contributed by atoms with E-state index in [9.17, 15) is 9.59 Å². The van der Waals surface area contributed by atoms with Gasteiger partial charge >= 0.3 is 0 Å². The summed E-state index contributed by atoms with van der Waals surface area (Å²) in [7, 11) is 0. The summed E-state index contributed by atoms with van der Waals surface area (Å²) in [4.78, 5) is 22.8. The Balaban J connectivity index is 4.24. The Labute approximate surface area is 96.9 Å². The Morgan fingerprint density at radius 1 is 1.25 bits per heavy atom. The molecule has 94 valence electrons. The molecule has 0 saturated heterocycles. The van der Waals surface area contributed by atoms with E-state index in [1.807, 2.05) is 0 Å². The summed E-state index contributed by atoms with van der Waals surface area (Å²) >= 11 is 0. The summed E-state index contributed by atoms with van der Waals surface area (Å²) in [5.74, 6) is -0.654. The number of unbranched alkanes of at least 4 members (excludes halogenated alkanes) is 1. The van der Waals surface area contributed by atoms with E-state index in [0.717, 1.165) is 12.8 Å². The van der Waals surface area contributed by atoms with Crippen molar-refractivity contribution in [1.29, 1.82) is 0 Å². The fraction of sp³-hybridized carbons (Fsp3) is 0.818. The zero-order valence-corrected chi connectivity index (χ0v) is 10.4. The first-order valence-corrected chi connectivity index (χ1v) is 5.59. The van der Waals surface area contributed by atoms with Crippen LogP contribution in [0.25, 0.3) is 0 Å². The van der Waals surface area contributed by atoms with Gasteiger partial charge in [-0.15, -0.1) is 0 Å². The molecule has 5 N–H and O–H groups in total. The molecule has 16 heavy (non-hydrogen) atoms. The van der Waals surface area contributed by atoms with Crippen molar-refractivity contribution in [3.63, 3.8) is 0 Å². The van der Waals surface area contributed by atoms with E-state index in [1.165, 1.54) is 0 Å². The van der Waals surface area contributed by atoms with Crippen molar-refractivity contribution < 1.29 is 9.59 Å². The number of nitrogens with one attached hydrogen (secondary N) is 1. The summed E-state index contributed by atoms with van der Waals surface area (Å²) < 4.78 is 0. The number of rotatable bonds is 6. The van der Waals surface area contributed by atoms with E-state index in [0.29, 0.717) is 13.0 Å². The fourth-order valence-electron chi connectivity index (χ4n) is 1.15. The van der Waals surface area contributed by atoms with Gasteiger partial charge in [0.05, 0.1) is 0 Å². The van der Waals surface area contributed by atoms with Crippen LogP contribution in [0.3, 0.4) is 0 Å². The minimum atomic E-state index is -0.585. The zero-order valence-electron chi connectivity index (χ0n) is 10.4. The second-order valence-corrected chi connectivity index (χ2v) is 4.96. The molecule has 0 rings (SSSR count). The van der Waals surface area contributed by atoms with Crippen molar-refractivity contribution in [3.8, 4) is 0 Å². The van der Waals surface area contributed by atoms with Gasteiger partial charge in [-0.05, 0) is 25.8 Å². The predicted molar refractivity (Wildman–Crippen MR) is 63.5 cm³/mol. The summed E-state index contributed by atoms with van der Waals surface area (Å²) in [6.07, 6.45) is 2.16. The summed E-state index contributed by atoms with van der Waals surface area (Å²) in [6.45, 7) is 5.96. The molecule has 0 saturated carbocycles. The quantitative estimate of drug-likeness (QED) is 0.565. The van der Waals surface area contributed by atoms with Crippen LogP contribution in [0.2, 0.25) is 0 Å². The number of carbonyl (C=O) groups excluding carboxylic acids is 2. The van der Waals surface area contributed by atoms with Gasteiger partial charge in [0.2, 0.25) is 11.8 Å². The highest BCUT2D eigenvalue weighted by molar-refractivity contribution is 5.88. The second kappa shape index (κ2) is 6.48. The van der Waals surface area contributed by atoms with Crippen molar-refractivity contribution in [1.82, 2.24) is 5.32 Å². The maximum absolute atomic E-state index is 11.7. The van der Waals surface area contributed by atoms with Crippen molar-refractivity contribution >= 4 is 11.8 Å². The van der Waals surface area contributed by atoms with Gasteiger partial charge in [0.25, 0.3) is 0 Å². The third-order valence-corrected chi connectivity index (χ3v) is 2.28. The van der Waals surface area contributed by atoms with E-state index in [4.69, 9.17) is 11.5 Å². The van der Waals surface area contributed by atoms with Gasteiger partial charge in [-0.25, -0.2) is 0 Å². The van der Waals surface area contributed by atoms with E-state index in [2.05, 4.69) is 5.32 Å². The Hall–Kier alpha value is -1.10. The van der Waals surface area contributed by atoms with Gasteiger partial charge in [-0.2, -0.15) is 0 Å². The molecule has 0 aromatic rings. The smallest absolute Gasteiger partial charge is 0.239 e. The lowest BCUT2D eigenvalue weighted by molar-refractivity contribution is -0.132. The number of primary amides is 1. The SMILES string of the molecule is CC(C)(C)C(=O)NC(CCCCN)C(N)=O. The topological polar surface area (TPSA) is 98.2 Å². The maximum atomic E-state index is 11.7. The van der Waals surface area contributed by atoms with E-state index in [1.54, 1.807) is 20.8 Å². The third kappa shape index (κ3) is 5.70. The molecule has 0 heterocycles. The lowest BCUT2D eigenvalue weighted by Crippen LogP contribution is -2.48. The number of carbonyl (C=O) groups is 2. The van der Waals surface area contributed by atoms with Crippen LogP contribution in [-0.4, -0.2) is 24.4 Å². The molecule has 1 unspecified atom stereocenters. The van der Waals surface area contributed by atoms with E-state index < -0.39 is 17.4 Å². The average Bonchev–Trinajstić information content (AvgIpc) is 2.14. The van der Waals surface area contributed by atoms with Gasteiger partial charge in [0.1, 0.15) is 6.04 Å². The van der Waals surface area contributed by atoms with Crippen LogP contribution in [0.1, 0.15) is 40.0 Å². The Bertz CT molecular complexity index is 246. The fourth-order valence-corrected chi connectivity index (χ4v) is 1.15. The van der Waals surface area contributed by atoms with E-state index >= 15 is 0 Å². The average molecular weight is 229 g/mol. The molecule has 0 aliphatic heterocycles. The molecule has 0 aromatic carbocycles. The number of hydrogen-bond acceptors (Lipinski definition) is 3. The molecule has 5 nitrogen and oxygen atoms in total. The van der Waals surface area contributed by atoms with Crippen molar-refractivity contribution in [2.24, 2.45) is 16.9 Å². The number of nitrogens with two attached hydrogens (primary N) is 2. The maximum Gasteiger partial charge on any atom is 0.239 e. The molecule has 2 amide bonds. The number of amides is 2.